The first-order valence-electron chi connectivity index (χ1n) is 28.6. The van der Waals surface area contributed by atoms with E-state index in [2.05, 4.69) is 293 Å². The molecule has 0 atom stereocenters. The number of para-hydroxylation sites is 1. The van der Waals surface area contributed by atoms with E-state index in [0.29, 0.717) is 0 Å². The average Bonchev–Trinajstić information content (AvgIpc) is 2.63. The number of rotatable bonds is 4. The summed E-state index contributed by atoms with van der Waals surface area (Å²) in [5, 5.41) is 10.4. The molecule has 0 unspecified atom stereocenters. The number of aromatic nitrogens is 1. The molecule has 0 amide bonds. The maximum absolute atomic E-state index is 2.68. The zero-order valence-electron chi connectivity index (χ0n) is 48.0. The molecule has 2 nitrogen and oxygen atoms in total. The Morgan fingerprint density at radius 2 is 0.797 bits per heavy atom. The molecule has 0 aliphatic carbocycles. The fourth-order valence-electron chi connectivity index (χ4n) is 13.6. The third-order valence-corrected chi connectivity index (χ3v) is 17.8. The number of hydrogen-bond donors (Lipinski definition) is 0. The van der Waals surface area contributed by atoms with Gasteiger partial charge in [0.15, 0.2) is 0 Å². The van der Waals surface area contributed by atoms with Crippen LogP contribution in [0.2, 0.25) is 0 Å². The number of fused-ring (bicyclic) bond motifs is 14. The largest absolute Gasteiger partial charge is 0.311 e. The summed E-state index contributed by atoms with van der Waals surface area (Å²) < 4.78 is 2.68. The fraction of sp³-hybridized carbons (Fsp3) is 0.211. The minimum absolute atomic E-state index is 0.00321. The van der Waals surface area contributed by atoms with Crippen molar-refractivity contribution in [3.05, 3.63) is 222 Å². The van der Waals surface area contributed by atoms with Crippen molar-refractivity contribution >= 4 is 94.3 Å². The highest BCUT2D eigenvalue weighted by Gasteiger charge is 2.44. The maximum atomic E-state index is 2.68. The van der Waals surface area contributed by atoms with E-state index in [-0.39, 0.29) is 28.4 Å². The van der Waals surface area contributed by atoms with Crippen LogP contribution in [0.3, 0.4) is 0 Å². The molecule has 0 spiro atoms. The highest BCUT2D eigenvalue weighted by Crippen LogP contribution is 2.50. The summed E-state index contributed by atoms with van der Waals surface area (Å²) in [6.07, 6.45) is 0. The zero-order chi connectivity index (χ0) is 54.7. The van der Waals surface area contributed by atoms with Gasteiger partial charge < -0.3 is 9.47 Å². The highest BCUT2D eigenvalue weighted by atomic mass is 15.2. The van der Waals surface area contributed by atoms with Crippen molar-refractivity contribution in [1.29, 1.82) is 0 Å². The van der Waals surface area contributed by atoms with Crippen LogP contribution in [0.5, 0.6) is 0 Å². The van der Waals surface area contributed by atoms with Gasteiger partial charge in [-0.1, -0.05) is 247 Å². The van der Waals surface area contributed by atoms with Gasteiger partial charge in [0.2, 0.25) is 0 Å². The maximum Gasteiger partial charge on any atom is 0.252 e. The van der Waals surface area contributed by atoms with Gasteiger partial charge in [-0.15, -0.1) is 0 Å². The van der Waals surface area contributed by atoms with Gasteiger partial charge in [-0.2, -0.15) is 0 Å². The lowest BCUT2D eigenvalue weighted by Gasteiger charge is -2.41. The van der Waals surface area contributed by atoms with Crippen molar-refractivity contribution in [2.45, 2.75) is 105 Å². The van der Waals surface area contributed by atoms with Gasteiger partial charge in [0.05, 0.1) is 11.0 Å². The van der Waals surface area contributed by atoms with Crippen LogP contribution in [0.4, 0.5) is 17.1 Å². The van der Waals surface area contributed by atoms with E-state index in [4.69, 9.17) is 0 Å². The van der Waals surface area contributed by atoms with Gasteiger partial charge in [0, 0.05) is 38.9 Å². The molecule has 0 fully saturated rings. The Hall–Kier alpha value is -8.14. The Labute approximate surface area is 467 Å². The van der Waals surface area contributed by atoms with Gasteiger partial charge in [0.25, 0.3) is 6.71 Å². The Balaban J connectivity index is 1.17. The van der Waals surface area contributed by atoms with Crippen LogP contribution in [-0.2, 0) is 21.7 Å². The molecule has 3 heterocycles. The smallest absolute Gasteiger partial charge is 0.252 e. The topological polar surface area (TPSA) is 8.17 Å². The molecule has 2 aliphatic rings. The molecule has 0 N–H and O–H groups in total. The van der Waals surface area contributed by atoms with E-state index in [1.165, 1.54) is 143 Å². The van der Waals surface area contributed by atoms with E-state index in [1.54, 1.807) is 0 Å². The fourth-order valence-corrected chi connectivity index (χ4v) is 13.6. The molecule has 2 aliphatic heterocycles. The van der Waals surface area contributed by atoms with E-state index in [1.807, 2.05) is 0 Å². The van der Waals surface area contributed by atoms with Crippen LogP contribution in [0.15, 0.2) is 200 Å². The van der Waals surface area contributed by atoms with Gasteiger partial charge in [0.1, 0.15) is 0 Å². The molecular formula is C76H69BN2. The zero-order valence-corrected chi connectivity index (χ0v) is 48.0. The molecule has 386 valence electrons. The number of benzene rings is 11. The molecule has 0 radical (unpaired) electrons. The molecule has 0 saturated heterocycles. The van der Waals surface area contributed by atoms with Crippen LogP contribution < -0.4 is 21.3 Å². The van der Waals surface area contributed by atoms with Crippen molar-refractivity contribution in [3.63, 3.8) is 0 Å². The van der Waals surface area contributed by atoms with Crippen molar-refractivity contribution in [1.82, 2.24) is 4.57 Å². The third-order valence-electron chi connectivity index (χ3n) is 17.8. The molecule has 79 heavy (non-hydrogen) atoms. The first kappa shape index (κ1) is 49.2. The minimum Gasteiger partial charge on any atom is -0.311 e. The molecule has 3 heteroatoms. The number of hydrogen-bond acceptors (Lipinski definition) is 1. The quantitative estimate of drug-likeness (QED) is 0.126. The van der Waals surface area contributed by atoms with Crippen LogP contribution in [0.1, 0.15) is 105 Å². The number of anilines is 3. The Bertz CT molecular complexity index is 4410. The summed E-state index contributed by atoms with van der Waals surface area (Å²) in [6.45, 7) is 27.8. The Morgan fingerprint density at radius 3 is 1.35 bits per heavy atom. The Kier molecular flexibility index (Phi) is 10.7. The first-order valence-corrected chi connectivity index (χ1v) is 28.6. The normalized spacial score (nSPS) is 13.5. The predicted molar refractivity (Wildman–Crippen MR) is 344 cm³/mol. The molecule has 0 saturated carbocycles. The van der Waals surface area contributed by atoms with E-state index < -0.39 is 0 Å². The van der Waals surface area contributed by atoms with Crippen molar-refractivity contribution in [2.75, 3.05) is 4.90 Å². The van der Waals surface area contributed by atoms with Gasteiger partial charge >= 0.3 is 0 Å². The lowest BCUT2D eigenvalue weighted by Crippen LogP contribution is -2.60. The standard InChI is InChI=1S/C76H69BN2/c1-73(2,3)49-32-28-46(29-33-49)54-25-19-26-55(47-30-34-50(35-31-47)74(4,5)6)68(54)48-42-66-71-67(43-48)79-64-27-18-17-24-60(64)70-69-59-23-16-15-21-57(59)56-20-13-14-22-58(56)61(69)45-63(72(70)79)77(71)62-44-52(76(10,11)12)38-41-65(62)78(66)53-39-36-51(37-40-53)75(7,8)9/h13-45H,1-12H3. The average molecular weight is 1020 g/mol. The monoisotopic (exact) mass is 1020 g/mol. The molecule has 1 aromatic heterocycles. The third kappa shape index (κ3) is 7.59. The van der Waals surface area contributed by atoms with Crippen LogP contribution in [-0.4, -0.2) is 11.3 Å². The van der Waals surface area contributed by atoms with Crippen molar-refractivity contribution < 1.29 is 0 Å². The summed E-state index contributed by atoms with van der Waals surface area (Å²) in [5.74, 6) is 0. The molecular weight excluding hydrogens is 952 g/mol. The van der Waals surface area contributed by atoms with Gasteiger partial charge in [-0.25, -0.2) is 0 Å². The van der Waals surface area contributed by atoms with Gasteiger partial charge in [-0.05, 0) is 157 Å². The molecule has 14 rings (SSSR count). The lowest BCUT2D eigenvalue weighted by molar-refractivity contribution is 0.590. The van der Waals surface area contributed by atoms with Crippen molar-refractivity contribution in [2.24, 2.45) is 0 Å². The van der Waals surface area contributed by atoms with E-state index in [9.17, 15) is 0 Å². The van der Waals surface area contributed by atoms with Crippen LogP contribution >= 0.6 is 0 Å². The number of nitrogens with zero attached hydrogens (tertiary/aromatic N) is 2. The molecule has 12 aromatic rings. The SMILES string of the molecule is CC(C)(C)c1ccc(-c2cccc(-c3ccc(C(C)(C)C)cc3)c2-c2cc3c4c(c2)-n2c5ccccc5c5c6c7ccccc7c7ccccc7c6cc(c52)B4c2cc(C(C)(C)C)ccc2N3c2ccc(C(C)(C)C)cc2)cc1. The Morgan fingerprint density at radius 1 is 0.329 bits per heavy atom. The lowest BCUT2D eigenvalue weighted by atomic mass is 9.33. The molecule has 0 bridgehead atoms. The summed E-state index contributed by atoms with van der Waals surface area (Å²) >= 11 is 0. The minimum atomic E-state index is -0.0746. The summed E-state index contributed by atoms with van der Waals surface area (Å²) in [5.41, 5.74) is 24.0. The second-order valence-corrected chi connectivity index (χ2v) is 27.0. The second kappa shape index (κ2) is 17.2. The van der Waals surface area contributed by atoms with Crippen LogP contribution in [0, 0.1) is 0 Å². The second-order valence-electron chi connectivity index (χ2n) is 27.0. The van der Waals surface area contributed by atoms with Crippen LogP contribution in [0.25, 0.3) is 93.2 Å². The van der Waals surface area contributed by atoms with E-state index in [0.717, 1.165) is 5.69 Å². The summed E-state index contributed by atoms with van der Waals surface area (Å²) in [4.78, 5) is 2.61. The van der Waals surface area contributed by atoms with Gasteiger partial charge in [-0.3, -0.25) is 0 Å². The first-order chi connectivity index (χ1) is 37.7. The predicted octanol–water partition coefficient (Wildman–Crippen LogP) is 19.0. The summed E-state index contributed by atoms with van der Waals surface area (Å²) in [6, 6.07) is 77.9. The molecule has 11 aromatic carbocycles. The summed E-state index contributed by atoms with van der Waals surface area (Å²) in [7, 11) is 0. The van der Waals surface area contributed by atoms with Crippen molar-refractivity contribution in [3.8, 4) is 39.1 Å². The van der Waals surface area contributed by atoms with E-state index >= 15 is 0 Å². The highest BCUT2D eigenvalue weighted by molar-refractivity contribution is 7.00.